The van der Waals surface area contributed by atoms with Gasteiger partial charge in [-0.3, -0.25) is 0 Å². The zero-order valence-corrected chi connectivity index (χ0v) is 8.67. The maximum absolute atomic E-state index is 4.29. The van der Waals surface area contributed by atoms with Gasteiger partial charge in [0.2, 0.25) is 0 Å². The molecule has 2 nitrogen and oxygen atoms in total. The quantitative estimate of drug-likeness (QED) is 0.739. The normalized spacial score (nSPS) is 11.5. The molecule has 1 N–H and O–H groups in total. The zero-order valence-electron chi connectivity index (χ0n) is 7.77. The van der Waals surface area contributed by atoms with E-state index in [1.165, 1.54) is 0 Å². The first kappa shape index (κ1) is 9.34. The molecule has 72 valence electrons. The van der Waals surface area contributed by atoms with Crippen molar-refractivity contribution < 1.29 is 0 Å². The van der Waals surface area contributed by atoms with E-state index in [4.69, 9.17) is 0 Å². The van der Waals surface area contributed by atoms with Gasteiger partial charge in [-0.2, -0.15) is 12.6 Å². The number of thiol groups is 1. The second-order valence-electron chi connectivity index (χ2n) is 3.10. The maximum Gasteiger partial charge on any atom is 0.137 e. The second-order valence-corrected chi connectivity index (χ2v) is 3.55. The Morgan fingerprint density at radius 1 is 1.50 bits per heavy atom. The molecule has 0 unspecified atom stereocenters. The zero-order chi connectivity index (χ0) is 9.80. The third-order valence-corrected chi connectivity index (χ3v) is 2.29. The summed E-state index contributed by atoms with van der Waals surface area (Å²) in [5.41, 5.74) is 2.08. The Balaban J connectivity index is 2.25. The van der Waals surface area contributed by atoms with Crippen molar-refractivity contribution in [3.8, 4) is 0 Å². The molecule has 0 aliphatic heterocycles. The van der Waals surface area contributed by atoms with Crippen LogP contribution in [0.3, 0.4) is 0 Å². The summed E-state index contributed by atoms with van der Waals surface area (Å²) in [6.45, 7) is 0. The first-order valence-electron chi connectivity index (χ1n) is 4.60. The molecule has 0 saturated heterocycles. The number of nitrogens with zero attached hydrogens (tertiary/aromatic N) is 1. The van der Waals surface area contributed by atoms with Gasteiger partial charge in [-0.1, -0.05) is 12.2 Å². The lowest BCUT2D eigenvalue weighted by atomic mass is 10.2. The molecular weight excluding hydrogens is 192 g/mol. The second kappa shape index (κ2) is 4.33. The summed E-state index contributed by atoms with van der Waals surface area (Å²) in [6, 6.07) is 4.14. The standard InChI is InChI=1S/C11H12N2S/c14-6-2-1-3-9-7-10-4-5-12-11(10)13-8-9/h1,3-5,7-8,14H,2,6H2,(H,12,13). The average Bonchev–Trinajstić information content (AvgIpc) is 2.65. The van der Waals surface area contributed by atoms with E-state index in [0.29, 0.717) is 0 Å². The highest BCUT2D eigenvalue weighted by Crippen LogP contribution is 2.12. The number of pyridine rings is 1. The Bertz CT molecular complexity index is 445. The molecule has 0 atom stereocenters. The minimum absolute atomic E-state index is 0.885. The summed E-state index contributed by atoms with van der Waals surface area (Å²) in [7, 11) is 0. The Morgan fingerprint density at radius 3 is 3.29 bits per heavy atom. The summed E-state index contributed by atoms with van der Waals surface area (Å²) < 4.78 is 0. The average molecular weight is 204 g/mol. The van der Waals surface area contributed by atoms with Crippen LogP contribution < -0.4 is 0 Å². The number of H-pyrrole nitrogens is 1. The van der Waals surface area contributed by atoms with E-state index in [2.05, 4.69) is 40.8 Å². The first-order valence-corrected chi connectivity index (χ1v) is 5.24. The molecule has 0 aliphatic carbocycles. The Hall–Kier alpha value is -1.22. The van der Waals surface area contributed by atoms with Crippen molar-refractivity contribution in [2.75, 3.05) is 5.75 Å². The van der Waals surface area contributed by atoms with Crippen LogP contribution in [0.5, 0.6) is 0 Å². The van der Waals surface area contributed by atoms with Crippen molar-refractivity contribution >= 4 is 29.7 Å². The monoisotopic (exact) mass is 204 g/mol. The fourth-order valence-corrected chi connectivity index (χ4v) is 1.49. The predicted molar refractivity (Wildman–Crippen MR) is 63.6 cm³/mol. The van der Waals surface area contributed by atoms with Crippen LogP contribution in [0, 0.1) is 0 Å². The molecule has 14 heavy (non-hydrogen) atoms. The maximum atomic E-state index is 4.29. The highest BCUT2D eigenvalue weighted by molar-refractivity contribution is 7.80. The molecule has 0 radical (unpaired) electrons. The third kappa shape index (κ3) is 1.99. The number of fused-ring (bicyclic) bond motifs is 1. The summed E-state index contributed by atoms with van der Waals surface area (Å²) in [5, 5.41) is 1.15. The van der Waals surface area contributed by atoms with Gasteiger partial charge in [0.1, 0.15) is 5.65 Å². The van der Waals surface area contributed by atoms with Crippen molar-refractivity contribution in [3.63, 3.8) is 0 Å². The van der Waals surface area contributed by atoms with Gasteiger partial charge in [0, 0.05) is 17.8 Å². The Labute approximate surface area is 88.5 Å². The van der Waals surface area contributed by atoms with Crippen LogP contribution in [0.2, 0.25) is 0 Å². The van der Waals surface area contributed by atoms with Crippen LogP contribution >= 0.6 is 12.6 Å². The van der Waals surface area contributed by atoms with E-state index in [1.54, 1.807) is 0 Å². The lowest BCUT2D eigenvalue weighted by molar-refractivity contribution is 1.26. The van der Waals surface area contributed by atoms with E-state index in [1.807, 2.05) is 18.5 Å². The van der Waals surface area contributed by atoms with E-state index in [9.17, 15) is 0 Å². The van der Waals surface area contributed by atoms with Crippen LogP contribution in [0.4, 0.5) is 0 Å². The van der Waals surface area contributed by atoms with Crippen molar-refractivity contribution in [3.05, 3.63) is 36.2 Å². The predicted octanol–water partition coefficient (Wildman–Crippen LogP) is 2.90. The summed E-state index contributed by atoms with van der Waals surface area (Å²) in [4.78, 5) is 7.36. The summed E-state index contributed by atoms with van der Waals surface area (Å²) in [6.07, 6.45) is 8.96. The Kier molecular flexibility index (Phi) is 2.89. The fourth-order valence-electron chi connectivity index (χ4n) is 1.34. The Morgan fingerprint density at radius 2 is 2.43 bits per heavy atom. The molecule has 0 aliphatic rings. The largest absolute Gasteiger partial charge is 0.346 e. The third-order valence-electron chi connectivity index (χ3n) is 2.03. The van der Waals surface area contributed by atoms with Gasteiger partial charge in [0.25, 0.3) is 0 Å². The number of nitrogens with one attached hydrogen (secondary N) is 1. The van der Waals surface area contributed by atoms with Crippen LogP contribution in [0.1, 0.15) is 12.0 Å². The fraction of sp³-hybridized carbons (Fsp3) is 0.182. The van der Waals surface area contributed by atoms with Gasteiger partial charge in [-0.25, -0.2) is 4.98 Å². The van der Waals surface area contributed by atoms with Gasteiger partial charge in [-0.05, 0) is 29.9 Å². The van der Waals surface area contributed by atoms with E-state index in [0.717, 1.165) is 28.8 Å². The van der Waals surface area contributed by atoms with Gasteiger partial charge in [-0.15, -0.1) is 0 Å². The van der Waals surface area contributed by atoms with Gasteiger partial charge in [0.15, 0.2) is 0 Å². The highest BCUT2D eigenvalue weighted by atomic mass is 32.1. The lowest BCUT2D eigenvalue weighted by Gasteiger charge is -1.93. The first-order chi connectivity index (χ1) is 6.90. The minimum Gasteiger partial charge on any atom is -0.346 e. The SMILES string of the molecule is SCCC=Cc1cnc2[nH]ccc2c1. The van der Waals surface area contributed by atoms with Crippen LogP contribution in [-0.4, -0.2) is 15.7 Å². The van der Waals surface area contributed by atoms with Crippen molar-refractivity contribution in [1.82, 2.24) is 9.97 Å². The number of hydrogen-bond acceptors (Lipinski definition) is 2. The number of aromatic nitrogens is 2. The topological polar surface area (TPSA) is 28.7 Å². The molecule has 3 heteroatoms. The van der Waals surface area contributed by atoms with Crippen molar-refractivity contribution in [2.45, 2.75) is 6.42 Å². The molecule has 0 bridgehead atoms. The molecule has 2 aromatic rings. The molecule has 0 saturated carbocycles. The summed E-state index contributed by atoms with van der Waals surface area (Å²) >= 11 is 4.14. The number of allylic oxidation sites excluding steroid dienone is 1. The van der Waals surface area contributed by atoms with Crippen molar-refractivity contribution in [1.29, 1.82) is 0 Å². The molecule has 2 heterocycles. The number of aromatic amines is 1. The molecule has 0 spiro atoms. The number of hydrogen-bond donors (Lipinski definition) is 2. The molecule has 2 aromatic heterocycles. The van der Waals surface area contributed by atoms with E-state index < -0.39 is 0 Å². The van der Waals surface area contributed by atoms with Crippen LogP contribution in [0.25, 0.3) is 17.1 Å². The lowest BCUT2D eigenvalue weighted by Crippen LogP contribution is -1.78. The summed E-state index contributed by atoms with van der Waals surface area (Å²) in [5.74, 6) is 0.885. The van der Waals surface area contributed by atoms with Crippen LogP contribution in [-0.2, 0) is 0 Å². The molecule has 0 amide bonds. The molecular formula is C11H12N2S. The van der Waals surface area contributed by atoms with Gasteiger partial charge < -0.3 is 4.98 Å². The van der Waals surface area contributed by atoms with Crippen molar-refractivity contribution in [2.24, 2.45) is 0 Å². The van der Waals surface area contributed by atoms with Gasteiger partial charge >= 0.3 is 0 Å². The smallest absolute Gasteiger partial charge is 0.137 e. The molecule has 0 aromatic carbocycles. The van der Waals surface area contributed by atoms with E-state index in [-0.39, 0.29) is 0 Å². The van der Waals surface area contributed by atoms with Crippen LogP contribution in [0.15, 0.2) is 30.6 Å². The van der Waals surface area contributed by atoms with E-state index >= 15 is 0 Å². The minimum atomic E-state index is 0.885. The van der Waals surface area contributed by atoms with Gasteiger partial charge in [0.05, 0.1) is 0 Å². The molecule has 0 fully saturated rings. The number of rotatable bonds is 3. The molecule has 2 rings (SSSR count). The highest BCUT2D eigenvalue weighted by Gasteiger charge is 1.94.